The van der Waals surface area contributed by atoms with Gasteiger partial charge in [-0.15, -0.1) is 5.10 Å². The van der Waals surface area contributed by atoms with Gasteiger partial charge in [-0.05, 0) is 6.07 Å². The fourth-order valence-corrected chi connectivity index (χ4v) is 1.67. The van der Waals surface area contributed by atoms with E-state index >= 15 is 0 Å². The average molecular weight is 282 g/mol. The predicted octanol–water partition coefficient (Wildman–Crippen LogP) is 0.559. The highest BCUT2D eigenvalue weighted by Gasteiger charge is 2.15. The lowest BCUT2D eigenvalue weighted by Gasteiger charge is -2.03. The van der Waals surface area contributed by atoms with E-state index < -0.39 is 23.6 Å². The third kappa shape index (κ3) is 3.15. The maximum Gasteiger partial charge on any atom is 0.320 e. The Kier molecular flexibility index (Phi) is 4.04. The van der Waals surface area contributed by atoms with Crippen molar-refractivity contribution >= 4 is 5.97 Å². The molecule has 0 radical (unpaired) electrons. The minimum Gasteiger partial charge on any atom is -0.480 e. The number of carbonyl (C=O) groups is 1. The fourth-order valence-electron chi connectivity index (χ4n) is 1.67. The van der Waals surface area contributed by atoms with Gasteiger partial charge in [-0.25, -0.2) is 13.5 Å². The van der Waals surface area contributed by atoms with E-state index in [1.54, 1.807) is 0 Å². The molecule has 0 aliphatic rings. The van der Waals surface area contributed by atoms with Crippen LogP contribution in [0.15, 0.2) is 24.4 Å². The Labute approximate surface area is 112 Å². The normalized spacial score (nSPS) is 12.3. The highest BCUT2D eigenvalue weighted by atomic mass is 19.2. The molecular formula is C12H12F2N4O2. The Morgan fingerprint density at radius 3 is 2.90 bits per heavy atom. The molecule has 20 heavy (non-hydrogen) atoms. The number of benzene rings is 1. The minimum absolute atomic E-state index is 0.00109. The molecular weight excluding hydrogens is 270 g/mol. The summed E-state index contributed by atoms with van der Waals surface area (Å²) in [6.45, 7) is -0.00109. The SMILES string of the molecule is NC(Cc1cn(Cc2cccc(F)c2F)nn1)C(=O)O. The zero-order valence-electron chi connectivity index (χ0n) is 10.3. The monoisotopic (exact) mass is 282 g/mol. The minimum atomic E-state index is -1.14. The van der Waals surface area contributed by atoms with Crippen molar-refractivity contribution < 1.29 is 18.7 Å². The number of aliphatic carboxylic acids is 1. The largest absolute Gasteiger partial charge is 0.480 e. The van der Waals surface area contributed by atoms with Gasteiger partial charge in [0, 0.05) is 18.2 Å². The third-order valence-corrected chi connectivity index (χ3v) is 2.70. The van der Waals surface area contributed by atoms with Crippen LogP contribution in [0.2, 0.25) is 0 Å². The van der Waals surface area contributed by atoms with Crippen LogP contribution in [-0.4, -0.2) is 32.1 Å². The zero-order chi connectivity index (χ0) is 14.7. The van der Waals surface area contributed by atoms with Crippen molar-refractivity contribution in [3.63, 3.8) is 0 Å². The number of hydrogen-bond acceptors (Lipinski definition) is 4. The molecule has 0 saturated carbocycles. The van der Waals surface area contributed by atoms with Crippen LogP contribution in [0, 0.1) is 11.6 Å². The third-order valence-electron chi connectivity index (χ3n) is 2.70. The molecule has 2 aromatic rings. The number of nitrogens with two attached hydrogens (primary N) is 1. The second-order valence-corrected chi connectivity index (χ2v) is 4.27. The molecule has 0 bridgehead atoms. The van der Waals surface area contributed by atoms with Gasteiger partial charge in [0.05, 0.1) is 12.2 Å². The molecule has 1 aromatic carbocycles. The Morgan fingerprint density at radius 1 is 1.45 bits per heavy atom. The number of carboxylic acid groups (broad SMARTS) is 1. The molecule has 0 amide bonds. The Morgan fingerprint density at radius 2 is 2.20 bits per heavy atom. The number of aromatic nitrogens is 3. The summed E-state index contributed by atoms with van der Waals surface area (Å²) in [6, 6.07) is 2.78. The van der Waals surface area contributed by atoms with Gasteiger partial charge < -0.3 is 10.8 Å². The second kappa shape index (κ2) is 5.74. The number of hydrogen-bond donors (Lipinski definition) is 2. The molecule has 1 atom stereocenters. The Hall–Kier alpha value is -2.35. The van der Waals surface area contributed by atoms with Crippen molar-refractivity contribution in [1.29, 1.82) is 0 Å². The van der Waals surface area contributed by atoms with Gasteiger partial charge in [0.25, 0.3) is 0 Å². The first-order chi connectivity index (χ1) is 9.47. The van der Waals surface area contributed by atoms with E-state index in [9.17, 15) is 13.6 Å². The van der Waals surface area contributed by atoms with E-state index in [2.05, 4.69) is 10.3 Å². The highest BCUT2D eigenvalue weighted by Crippen LogP contribution is 2.12. The van der Waals surface area contributed by atoms with Gasteiger partial charge in [-0.1, -0.05) is 17.3 Å². The van der Waals surface area contributed by atoms with Crippen LogP contribution in [0.5, 0.6) is 0 Å². The van der Waals surface area contributed by atoms with E-state index in [1.807, 2.05) is 0 Å². The van der Waals surface area contributed by atoms with Gasteiger partial charge in [-0.3, -0.25) is 4.79 Å². The molecule has 0 saturated heterocycles. The Bertz CT molecular complexity index is 630. The van der Waals surface area contributed by atoms with Crippen molar-refractivity contribution in [2.75, 3.05) is 0 Å². The van der Waals surface area contributed by atoms with Gasteiger partial charge in [-0.2, -0.15) is 0 Å². The van der Waals surface area contributed by atoms with Gasteiger partial charge in [0.1, 0.15) is 6.04 Å². The van der Waals surface area contributed by atoms with E-state index in [0.717, 1.165) is 6.07 Å². The topological polar surface area (TPSA) is 94.0 Å². The molecule has 6 nitrogen and oxygen atoms in total. The Balaban J connectivity index is 2.10. The summed E-state index contributed by atoms with van der Waals surface area (Å²) in [4.78, 5) is 10.6. The van der Waals surface area contributed by atoms with Gasteiger partial charge in [0.15, 0.2) is 11.6 Å². The van der Waals surface area contributed by atoms with Crippen molar-refractivity contribution in [2.24, 2.45) is 5.73 Å². The molecule has 0 aliphatic carbocycles. The maximum absolute atomic E-state index is 13.5. The van der Waals surface area contributed by atoms with Crippen molar-refractivity contribution in [3.8, 4) is 0 Å². The van der Waals surface area contributed by atoms with Crippen molar-refractivity contribution in [1.82, 2.24) is 15.0 Å². The van der Waals surface area contributed by atoms with Crippen LogP contribution in [0.25, 0.3) is 0 Å². The molecule has 1 aromatic heterocycles. The molecule has 1 unspecified atom stereocenters. The summed E-state index contributed by atoms with van der Waals surface area (Å²) in [5.74, 6) is -3.02. The molecule has 2 rings (SSSR count). The van der Waals surface area contributed by atoms with E-state index in [-0.39, 0.29) is 18.5 Å². The lowest BCUT2D eigenvalue weighted by molar-refractivity contribution is -0.138. The maximum atomic E-state index is 13.5. The first-order valence-corrected chi connectivity index (χ1v) is 5.77. The van der Waals surface area contributed by atoms with Crippen molar-refractivity contribution in [3.05, 3.63) is 47.3 Å². The standard InChI is InChI=1S/C12H12F2N4O2/c13-9-3-1-2-7(11(9)14)5-18-6-8(16-17-18)4-10(15)12(19)20/h1-3,6,10H,4-5,15H2,(H,19,20). The molecule has 106 valence electrons. The van der Waals surface area contributed by atoms with E-state index in [1.165, 1.54) is 23.0 Å². The number of nitrogens with zero attached hydrogens (tertiary/aromatic N) is 3. The summed E-state index contributed by atoms with van der Waals surface area (Å²) < 4.78 is 27.8. The lowest BCUT2D eigenvalue weighted by Crippen LogP contribution is -2.32. The number of carboxylic acids is 1. The molecule has 0 fully saturated rings. The summed E-state index contributed by atoms with van der Waals surface area (Å²) in [7, 11) is 0. The first kappa shape index (κ1) is 14.1. The molecule has 8 heteroatoms. The highest BCUT2D eigenvalue weighted by molar-refractivity contribution is 5.73. The van der Waals surface area contributed by atoms with E-state index in [4.69, 9.17) is 10.8 Å². The predicted molar refractivity (Wildman–Crippen MR) is 64.8 cm³/mol. The fraction of sp³-hybridized carbons (Fsp3) is 0.250. The summed E-state index contributed by atoms with van der Waals surface area (Å²) in [6.07, 6.45) is 1.47. The van der Waals surface area contributed by atoms with Crippen LogP contribution >= 0.6 is 0 Å². The quantitative estimate of drug-likeness (QED) is 0.835. The average Bonchev–Trinajstić information content (AvgIpc) is 2.82. The van der Waals surface area contributed by atoms with Gasteiger partial charge >= 0.3 is 5.97 Å². The van der Waals surface area contributed by atoms with Crippen LogP contribution < -0.4 is 5.73 Å². The summed E-state index contributed by atoms with van der Waals surface area (Å²) in [5, 5.41) is 16.1. The molecule has 0 spiro atoms. The summed E-state index contributed by atoms with van der Waals surface area (Å²) >= 11 is 0. The molecule has 3 N–H and O–H groups in total. The zero-order valence-corrected chi connectivity index (χ0v) is 10.3. The number of rotatable bonds is 5. The second-order valence-electron chi connectivity index (χ2n) is 4.27. The molecule has 0 aliphatic heterocycles. The summed E-state index contributed by atoms with van der Waals surface area (Å²) in [5.41, 5.74) is 5.87. The van der Waals surface area contributed by atoms with Crippen molar-refractivity contribution in [2.45, 2.75) is 19.0 Å². The smallest absolute Gasteiger partial charge is 0.320 e. The van der Waals surface area contributed by atoms with E-state index in [0.29, 0.717) is 5.69 Å². The van der Waals surface area contributed by atoms with Crippen LogP contribution in [0.3, 0.4) is 0 Å². The lowest BCUT2D eigenvalue weighted by atomic mass is 10.2. The van der Waals surface area contributed by atoms with Gasteiger partial charge in [0.2, 0.25) is 0 Å². The van der Waals surface area contributed by atoms with Crippen LogP contribution in [-0.2, 0) is 17.8 Å². The van der Waals surface area contributed by atoms with Crippen LogP contribution in [0.1, 0.15) is 11.3 Å². The number of halogens is 2. The van der Waals surface area contributed by atoms with Crippen LogP contribution in [0.4, 0.5) is 8.78 Å². The molecule has 1 heterocycles. The first-order valence-electron chi connectivity index (χ1n) is 5.77.